The van der Waals surface area contributed by atoms with Gasteiger partial charge in [0.1, 0.15) is 5.37 Å². The van der Waals surface area contributed by atoms with E-state index in [2.05, 4.69) is 11.2 Å². The zero-order valence-corrected chi connectivity index (χ0v) is 13.2. The Morgan fingerprint density at radius 2 is 1.78 bits per heavy atom. The van der Waals surface area contributed by atoms with Gasteiger partial charge in [-0.1, -0.05) is 42.1 Å². The molecule has 0 N–H and O–H groups in total. The lowest BCUT2D eigenvalue weighted by molar-refractivity contribution is 0.0991. The summed E-state index contributed by atoms with van der Waals surface area (Å²) in [5.41, 5.74) is 4.64. The summed E-state index contributed by atoms with van der Waals surface area (Å²) >= 11 is 1.73. The molecule has 4 nitrogen and oxygen atoms in total. The zero-order chi connectivity index (χ0) is 15.6. The summed E-state index contributed by atoms with van der Waals surface area (Å²) in [5.74, 6) is 0.000214. The lowest BCUT2D eigenvalue weighted by Gasteiger charge is -2.17. The van der Waals surface area contributed by atoms with E-state index in [0.29, 0.717) is 5.69 Å². The largest absolute Gasteiger partial charge is 0.289 e. The van der Waals surface area contributed by atoms with Crippen molar-refractivity contribution in [3.63, 3.8) is 0 Å². The monoisotopic (exact) mass is 319 g/mol. The van der Waals surface area contributed by atoms with Crippen molar-refractivity contribution >= 4 is 23.4 Å². The highest BCUT2D eigenvalue weighted by Crippen LogP contribution is 2.56. The lowest BCUT2D eigenvalue weighted by Crippen LogP contribution is -2.24. The van der Waals surface area contributed by atoms with Crippen molar-refractivity contribution in [3.8, 4) is 5.69 Å². The zero-order valence-electron chi connectivity index (χ0n) is 12.4. The third-order valence-electron chi connectivity index (χ3n) is 4.43. The lowest BCUT2D eigenvalue weighted by atomic mass is 10.2. The SMILES string of the molecule is Cc1c2c(nn1-c1ccccc1)C(=O)N1c3ccccc3SC21. The number of fused-ring (bicyclic) bond motifs is 5. The molecule has 3 aromatic rings. The van der Waals surface area contributed by atoms with E-state index in [1.165, 1.54) is 0 Å². The van der Waals surface area contributed by atoms with Crippen LogP contribution < -0.4 is 4.90 Å². The van der Waals surface area contributed by atoms with Crippen molar-refractivity contribution in [2.24, 2.45) is 0 Å². The molecular weight excluding hydrogens is 306 g/mol. The first-order valence-electron chi connectivity index (χ1n) is 7.50. The molecule has 0 saturated heterocycles. The van der Waals surface area contributed by atoms with Gasteiger partial charge in [-0.25, -0.2) is 4.68 Å². The molecule has 0 spiro atoms. The summed E-state index contributed by atoms with van der Waals surface area (Å²) in [7, 11) is 0. The van der Waals surface area contributed by atoms with Crippen LogP contribution in [0.2, 0.25) is 0 Å². The smallest absolute Gasteiger partial charge is 0.280 e. The maximum Gasteiger partial charge on any atom is 0.280 e. The molecular formula is C18H13N3OS. The molecule has 0 aliphatic carbocycles. The molecule has 23 heavy (non-hydrogen) atoms. The Labute approximate surface area is 137 Å². The Hall–Kier alpha value is -2.53. The number of rotatable bonds is 1. The van der Waals surface area contributed by atoms with Crippen LogP contribution in [0.3, 0.4) is 0 Å². The molecule has 112 valence electrons. The van der Waals surface area contributed by atoms with E-state index < -0.39 is 0 Å². The average molecular weight is 319 g/mol. The second-order valence-electron chi connectivity index (χ2n) is 5.71. The van der Waals surface area contributed by atoms with E-state index in [4.69, 9.17) is 0 Å². The fourth-order valence-corrected chi connectivity index (χ4v) is 4.76. The highest BCUT2D eigenvalue weighted by Gasteiger charge is 2.47. The van der Waals surface area contributed by atoms with E-state index in [9.17, 15) is 4.79 Å². The molecule has 1 atom stereocenters. The summed E-state index contributed by atoms with van der Waals surface area (Å²) in [6, 6.07) is 18.0. The molecule has 2 aromatic carbocycles. The second-order valence-corrected chi connectivity index (χ2v) is 6.83. The number of carbonyl (C=O) groups excluding carboxylic acids is 1. The minimum absolute atomic E-state index is 0.000214. The van der Waals surface area contributed by atoms with Gasteiger partial charge in [0.2, 0.25) is 0 Å². The molecule has 5 rings (SSSR count). The minimum atomic E-state index is 0.000214. The summed E-state index contributed by atoms with van der Waals surface area (Å²) in [4.78, 5) is 15.9. The number of nitrogens with zero attached hydrogens (tertiary/aromatic N) is 3. The van der Waals surface area contributed by atoms with Crippen LogP contribution in [-0.4, -0.2) is 15.7 Å². The van der Waals surface area contributed by atoms with Gasteiger partial charge in [0.05, 0.1) is 11.4 Å². The van der Waals surface area contributed by atoms with E-state index in [0.717, 1.165) is 27.5 Å². The number of hydrogen-bond donors (Lipinski definition) is 0. The van der Waals surface area contributed by atoms with Crippen LogP contribution in [0.4, 0.5) is 5.69 Å². The van der Waals surface area contributed by atoms with Gasteiger partial charge in [0, 0.05) is 16.2 Å². The van der Waals surface area contributed by atoms with E-state index in [1.54, 1.807) is 11.8 Å². The van der Waals surface area contributed by atoms with Crippen LogP contribution in [0, 0.1) is 6.92 Å². The van der Waals surface area contributed by atoms with Crippen molar-refractivity contribution in [1.29, 1.82) is 0 Å². The highest BCUT2D eigenvalue weighted by atomic mass is 32.2. The fourth-order valence-electron chi connectivity index (χ4n) is 3.36. The molecule has 1 amide bonds. The normalized spacial score (nSPS) is 18.0. The quantitative estimate of drug-likeness (QED) is 0.682. The van der Waals surface area contributed by atoms with Gasteiger partial charge in [0.25, 0.3) is 5.91 Å². The van der Waals surface area contributed by atoms with Gasteiger partial charge in [-0.15, -0.1) is 0 Å². The van der Waals surface area contributed by atoms with Gasteiger partial charge in [-0.2, -0.15) is 5.10 Å². The number of hydrogen-bond acceptors (Lipinski definition) is 3. The summed E-state index contributed by atoms with van der Waals surface area (Å²) in [6.07, 6.45) is 0. The molecule has 0 radical (unpaired) electrons. The molecule has 2 aliphatic heterocycles. The van der Waals surface area contributed by atoms with Gasteiger partial charge < -0.3 is 0 Å². The van der Waals surface area contributed by atoms with Crippen molar-refractivity contribution in [1.82, 2.24) is 9.78 Å². The van der Waals surface area contributed by atoms with Crippen LogP contribution in [0.5, 0.6) is 0 Å². The maximum absolute atomic E-state index is 12.9. The van der Waals surface area contributed by atoms with Gasteiger partial charge >= 0.3 is 0 Å². The Morgan fingerprint density at radius 1 is 1.04 bits per heavy atom. The number of anilines is 1. The molecule has 5 heteroatoms. The third kappa shape index (κ3) is 1.63. The first-order valence-corrected chi connectivity index (χ1v) is 8.38. The van der Waals surface area contributed by atoms with Crippen molar-refractivity contribution in [3.05, 3.63) is 71.5 Å². The summed E-state index contributed by atoms with van der Waals surface area (Å²) < 4.78 is 1.88. The van der Waals surface area contributed by atoms with Crippen LogP contribution in [0.25, 0.3) is 5.69 Å². The summed E-state index contributed by atoms with van der Waals surface area (Å²) in [5, 5.41) is 4.62. The van der Waals surface area contributed by atoms with Gasteiger partial charge in [-0.3, -0.25) is 9.69 Å². The number of para-hydroxylation sites is 2. The van der Waals surface area contributed by atoms with Crippen LogP contribution in [0.1, 0.15) is 27.1 Å². The van der Waals surface area contributed by atoms with Crippen LogP contribution >= 0.6 is 11.8 Å². The molecule has 1 unspecified atom stereocenters. The number of benzene rings is 2. The maximum atomic E-state index is 12.9. The Morgan fingerprint density at radius 3 is 2.61 bits per heavy atom. The van der Waals surface area contributed by atoms with Crippen molar-refractivity contribution in [2.75, 3.05) is 4.90 Å². The first-order chi connectivity index (χ1) is 11.3. The third-order valence-corrected chi connectivity index (χ3v) is 5.70. The average Bonchev–Trinajstić information content (AvgIpc) is 3.20. The Bertz CT molecular complexity index is 948. The minimum Gasteiger partial charge on any atom is -0.289 e. The topological polar surface area (TPSA) is 38.1 Å². The summed E-state index contributed by atoms with van der Waals surface area (Å²) in [6.45, 7) is 2.04. The molecule has 0 saturated carbocycles. The molecule has 2 aliphatic rings. The van der Waals surface area contributed by atoms with Gasteiger partial charge in [-0.05, 0) is 31.2 Å². The number of carbonyl (C=O) groups is 1. The van der Waals surface area contributed by atoms with E-state index in [1.807, 2.05) is 65.0 Å². The standard InChI is InChI=1S/C18H13N3OS/c1-11-15-16(19-21(11)12-7-3-2-4-8-12)17(22)20-13-9-5-6-10-14(13)23-18(15)20/h2-10,18H,1H3. The number of amides is 1. The predicted octanol–water partition coefficient (Wildman–Crippen LogP) is 3.95. The van der Waals surface area contributed by atoms with Gasteiger partial charge in [0.15, 0.2) is 5.69 Å². The second kappa shape index (κ2) is 4.49. The first kappa shape index (κ1) is 13.0. The van der Waals surface area contributed by atoms with Crippen molar-refractivity contribution < 1.29 is 4.79 Å². The molecule has 3 heterocycles. The molecule has 1 aromatic heterocycles. The predicted molar refractivity (Wildman–Crippen MR) is 90.2 cm³/mol. The van der Waals surface area contributed by atoms with E-state index in [-0.39, 0.29) is 11.3 Å². The fraction of sp³-hybridized carbons (Fsp3) is 0.111. The Kier molecular flexibility index (Phi) is 2.53. The van der Waals surface area contributed by atoms with Crippen LogP contribution in [0.15, 0.2) is 59.5 Å². The Balaban J connectivity index is 1.67. The van der Waals surface area contributed by atoms with Crippen LogP contribution in [-0.2, 0) is 0 Å². The number of aromatic nitrogens is 2. The van der Waals surface area contributed by atoms with Crippen molar-refractivity contribution in [2.45, 2.75) is 17.2 Å². The van der Waals surface area contributed by atoms with E-state index >= 15 is 0 Å². The highest BCUT2D eigenvalue weighted by molar-refractivity contribution is 8.00. The number of thioether (sulfide) groups is 1. The molecule has 0 bridgehead atoms. The molecule has 0 fully saturated rings.